The van der Waals surface area contributed by atoms with E-state index in [1.807, 2.05) is 27.9 Å². The maximum Gasteiger partial charge on any atom is 0.287 e. The standard InChI is InChI=1S/C20H31ClN2O2S/c1-20(2,3)23-19(24)17(21)16(11-22-23)26-12-13-5-7-14(8-6-13)18(25-4)15-9-10-15/h11,13-15,18H,5-10,12H2,1-4H3. The summed E-state index contributed by atoms with van der Waals surface area (Å²) in [6.45, 7) is 5.87. The monoisotopic (exact) mass is 398 g/mol. The SMILES string of the molecule is COC(C1CCC(CSc2cnn(C(C)(C)C)c(=O)c2Cl)CC1)C1CC1. The minimum absolute atomic E-state index is 0.194. The van der Waals surface area contributed by atoms with Crippen molar-refractivity contribution in [2.45, 2.75) is 75.8 Å². The van der Waals surface area contributed by atoms with Gasteiger partial charge in [-0.15, -0.1) is 11.8 Å². The van der Waals surface area contributed by atoms with Crippen LogP contribution in [0.1, 0.15) is 59.3 Å². The number of halogens is 1. The average Bonchev–Trinajstić information content (AvgIpc) is 3.42. The van der Waals surface area contributed by atoms with E-state index in [0.29, 0.717) is 17.0 Å². The van der Waals surface area contributed by atoms with Crippen molar-refractivity contribution in [1.82, 2.24) is 9.78 Å². The first-order chi connectivity index (χ1) is 12.3. The minimum atomic E-state index is -0.359. The molecule has 0 amide bonds. The van der Waals surface area contributed by atoms with Crippen molar-refractivity contribution in [1.29, 1.82) is 0 Å². The lowest BCUT2D eigenvalue weighted by Crippen LogP contribution is -2.36. The van der Waals surface area contributed by atoms with Crippen LogP contribution in [0.3, 0.4) is 0 Å². The van der Waals surface area contributed by atoms with Gasteiger partial charge in [0, 0.05) is 12.9 Å². The molecule has 2 fully saturated rings. The van der Waals surface area contributed by atoms with Crippen LogP contribution in [-0.2, 0) is 10.3 Å². The molecule has 6 heteroatoms. The summed E-state index contributed by atoms with van der Waals surface area (Å²) in [7, 11) is 1.87. The molecule has 4 nitrogen and oxygen atoms in total. The van der Waals surface area contributed by atoms with Crippen LogP contribution >= 0.6 is 23.4 Å². The summed E-state index contributed by atoms with van der Waals surface area (Å²) >= 11 is 8.02. The van der Waals surface area contributed by atoms with Crippen molar-refractivity contribution in [3.8, 4) is 0 Å². The van der Waals surface area contributed by atoms with Gasteiger partial charge < -0.3 is 4.74 Å². The van der Waals surface area contributed by atoms with Crippen LogP contribution in [0.4, 0.5) is 0 Å². The maximum atomic E-state index is 12.4. The molecule has 1 heterocycles. The Balaban J connectivity index is 1.54. The predicted octanol–water partition coefficient (Wildman–Crippen LogP) is 4.98. The second-order valence-electron chi connectivity index (χ2n) is 8.84. The molecule has 3 rings (SSSR count). The fourth-order valence-corrected chi connectivity index (χ4v) is 5.46. The van der Waals surface area contributed by atoms with E-state index in [1.54, 1.807) is 18.0 Å². The zero-order valence-electron chi connectivity index (χ0n) is 16.3. The van der Waals surface area contributed by atoms with Crippen molar-refractivity contribution in [3.63, 3.8) is 0 Å². The van der Waals surface area contributed by atoms with Crippen LogP contribution in [0.25, 0.3) is 0 Å². The van der Waals surface area contributed by atoms with E-state index in [4.69, 9.17) is 16.3 Å². The predicted molar refractivity (Wildman–Crippen MR) is 108 cm³/mol. The van der Waals surface area contributed by atoms with E-state index in [0.717, 1.165) is 22.5 Å². The number of ether oxygens (including phenoxy) is 1. The molecular weight excluding hydrogens is 368 g/mol. The first kappa shape index (κ1) is 20.2. The molecule has 2 saturated carbocycles. The number of rotatable bonds is 6. The van der Waals surface area contributed by atoms with Crippen molar-refractivity contribution in [3.05, 3.63) is 21.6 Å². The van der Waals surface area contributed by atoms with Crippen molar-refractivity contribution < 1.29 is 4.74 Å². The second kappa shape index (κ2) is 8.24. The molecule has 1 unspecified atom stereocenters. The van der Waals surface area contributed by atoms with Crippen LogP contribution in [0, 0.1) is 17.8 Å². The van der Waals surface area contributed by atoms with E-state index in [-0.39, 0.29) is 11.1 Å². The smallest absolute Gasteiger partial charge is 0.287 e. The van der Waals surface area contributed by atoms with Crippen LogP contribution in [-0.4, -0.2) is 28.7 Å². The third-order valence-corrected chi connectivity index (χ3v) is 7.45. The Morgan fingerprint density at radius 2 is 1.81 bits per heavy atom. The number of methoxy groups -OCH3 is 1. The van der Waals surface area contributed by atoms with Gasteiger partial charge in [0.2, 0.25) is 0 Å². The topological polar surface area (TPSA) is 44.1 Å². The van der Waals surface area contributed by atoms with Crippen molar-refractivity contribution in [2.75, 3.05) is 12.9 Å². The molecule has 0 spiro atoms. The Hall–Kier alpha value is -0.520. The lowest BCUT2D eigenvalue weighted by molar-refractivity contribution is 0.0156. The van der Waals surface area contributed by atoms with Crippen LogP contribution in [0.5, 0.6) is 0 Å². The summed E-state index contributed by atoms with van der Waals surface area (Å²) < 4.78 is 7.24. The van der Waals surface area contributed by atoms with Gasteiger partial charge in [0.1, 0.15) is 5.02 Å². The molecule has 0 saturated heterocycles. The van der Waals surface area contributed by atoms with Crippen molar-refractivity contribution >= 4 is 23.4 Å². The van der Waals surface area contributed by atoms with E-state index < -0.39 is 0 Å². The van der Waals surface area contributed by atoms with Gasteiger partial charge >= 0.3 is 0 Å². The molecule has 26 heavy (non-hydrogen) atoms. The van der Waals surface area contributed by atoms with E-state index in [9.17, 15) is 4.79 Å². The highest BCUT2D eigenvalue weighted by atomic mass is 35.5. The Kier molecular flexibility index (Phi) is 6.41. The molecule has 146 valence electrons. The van der Waals surface area contributed by atoms with E-state index in [1.165, 1.54) is 43.2 Å². The molecule has 0 N–H and O–H groups in total. The maximum absolute atomic E-state index is 12.4. The summed E-state index contributed by atoms with van der Waals surface area (Å²) in [5.74, 6) is 3.24. The molecule has 0 bridgehead atoms. The molecule has 0 aliphatic heterocycles. The quantitative estimate of drug-likeness (QED) is 0.634. The summed E-state index contributed by atoms with van der Waals surface area (Å²) in [4.78, 5) is 13.3. The molecule has 0 aromatic carbocycles. The minimum Gasteiger partial charge on any atom is -0.381 e. The van der Waals surface area contributed by atoms with E-state index in [2.05, 4.69) is 5.10 Å². The first-order valence-corrected chi connectivity index (χ1v) is 11.1. The summed E-state index contributed by atoms with van der Waals surface area (Å²) in [6.07, 6.45) is 9.93. The number of nitrogens with zero attached hydrogens (tertiary/aromatic N) is 2. The van der Waals surface area contributed by atoms with Gasteiger partial charge in [0.05, 0.1) is 22.7 Å². The fraction of sp³-hybridized carbons (Fsp3) is 0.800. The number of hydrogen-bond acceptors (Lipinski definition) is 4. The zero-order valence-corrected chi connectivity index (χ0v) is 17.9. The Bertz CT molecular complexity index is 673. The third kappa shape index (κ3) is 4.66. The molecule has 1 aromatic rings. The largest absolute Gasteiger partial charge is 0.381 e. The van der Waals surface area contributed by atoms with Crippen LogP contribution < -0.4 is 5.56 Å². The average molecular weight is 399 g/mol. The highest BCUT2D eigenvalue weighted by Crippen LogP contribution is 2.43. The lowest BCUT2D eigenvalue weighted by Gasteiger charge is -2.33. The Morgan fingerprint density at radius 1 is 1.23 bits per heavy atom. The first-order valence-electron chi connectivity index (χ1n) is 9.75. The van der Waals surface area contributed by atoms with Crippen LogP contribution in [0.2, 0.25) is 5.02 Å². The summed E-state index contributed by atoms with van der Waals surface area (Å²) in [6, 6.07) is 0. The Labute approximate surface area is 166 Å². The lowest BCUT2D eigenvalue weighted by atomic mass is 9.79. The third-order valence-electron chi connectivity index (χ3n) is 5.71. The zero-order chi connectivity index (χ0) is 18.9. The molecule has 1 aromatic heterocycles. The molecule has 0 radical (unpaired) electrons. The Morgan fingerprint density at radius 3 is 2.31 bits per heavy atom. The van der Waals surface area contributed by atoms with Gasteiger partial charge in [-0.1, -0.05) is 11.6 Å². The van der Waals surface area contributed by atoms with Crippen molar-refractivity contribution in [2.24, 2.45) is 17.8 Å². The molecule has 1 atom stereocenters. The highest BCUT2D eigenvalue weighted by molar-refractivity contribution is 7.99. The number of hydrogen-bond donors (Lipinski definition) is 0. The van der Waals surface area contributed by atoms with Gasteiger partial charge in [-0.25, -0.2) is 4.68 Å². The highest BCUT2D eigenvalue weighted by Gasteiger charge is 2.38. The van der Waals surface area contributed by atoms with Gasteiger partial charge in [-0.3, -0.25) is 4.79 Å². The van der Waals surface area contributed by atoms with Gasteiger partial charge in [0.15, 0.2) is 0 Å². The summed E-state index contributed by atoms with van der Waals surface area (Å²) in [5.41, 5.74) is -0.554. The molecule has 2 aliphatic carbocycles. The van der Waals surface area contributed by atoms with Crippen LogP contribution in [0.15, 0.2) is 15.9 Å². The van der Waals surface area contributed by atoms with E-state index >= 15 is 0 Å². The number of thioether (sulfide) groups is 1. The van der Waals surface area contributed by atoms with Gasteiger partial charge in [-0.05, 0) is 77.0 Å². The fourth-order valence-electron chi connectivity index (χ4n) is 4.08. The normalized spacial score (nSPS) is 25.3. The number of aromatic nitrogens is 2. The molecular formula is C20H31ClN2O2S. The summed E-state index contributed by atoms with van der Waals surface area (Å²) in [5, 5.41) is 4.64. The van der Waals surface area contributed by atoms with Gasteiger partial charge in [-0.2, -0.15) is 5.10 Å². The molecule has 2 aliphatic rings. The second-order valence-corrected chi connectivity index (χ2v) is 10.3. The van der Waals surface area contributed by atoms with Gasteiger partial charge in [0.25, 0.3) is 5.56 Å².